The average Bonchev–Trinajstić information content (AvgIpc) is 2.70. The molecule has 0 bridgehead atoms. The standard InChI is InChI=1S/C12H15N3O/c1-9-5-6-15(11(9)8-16)12-4-2-3-10(7-13)14-12/h2-4,9,11,16H,5-6,8H2,1H3. The molecule has 0 radical (unpaired) electrons. The first kappa shape index (κ1) is 10.9. The van der Waals surface area contributed by atoms with Crippen molar-refractivity contribution in [3.05, 3.63) is 23.9 Å². The lowest BCUT2D eigenvalue weighted by Gasteiger charge is -2.26. The minimum atomic E-state index is 0.126. The van der Waals surface area contributed by atoms with Gasteiger partial charge in [-0.1, -0.05) is 13.0 Å². The molecule has 0 amide bonds. The summed E-state index contributed by atoms with van der Waals surface area (Å²) in [5, 5.41) is 18.2. The molecule has 0 saturated carbocycles. The van der Waals surface area contributed by atoms with Gasteiger partial charge in [0, 0.05) is 6.54 Å². The maximum atomic E-state index is 9.36. The van der Waals surface area contributed by atoms with Gasteiger partial charge in [0.1, 0.15) is 17.6 Å². The van der Waals surface area contributed by atoms with Gasteiger partial charge in [-0.25, -0.2) is 4.98 Å². The van der Waals surface area contributed by atoms with E-state index in [0.29, 0.717) is 11.6 Å². The topological polar surface area (TPSA) is 60.2 Å². The molecule has 4 heteroatoms. The molecule has 2 atom stereocenters. The van der Waals surface area contributed by atoms with E-state index in [1.807, 2.05) is 18.2 Å². The SMILES string of the molecule is CC1CCN(c2cccc(C#N)n2)C1CO. The number of aliphatic hydroxyl groups excluding tert-OH is 1. The minimum absolute atomic E-state index is 0.126. The highest BCUT2D eigenvalue weighted by molar-refractivity contribution is 5.44. The lowest BCUT2D eigenvalue weighted by Crippen LogP contribution is -2.35. The lowest BCUT2D eigenvalue weighted by atomic mass is 10.0. The molecule has 84 valence electrons. The number of pyridine rings is 1. The molecule has 16 heavy (non-hydrogen) atoms. The molecule has 1 aromatic rings. The molecule has 2 rings (SSSR count). The summed E-state index contributed by atoms with van der Waals surface area (Å²) in [6.45, 7) is 3.17. The van der Waals surface area contributed by atoms with Crippen LogP contribution in [0.15, 0.2) is 18.2 Å². The van der Waals surface area contributed by atoms with E-state index in [2.05, 4.69) is 16.8 Å². The van der Waals surface area contributed by atoms with E-state index in [0.717, 1.165) is 18.8 Å². The van der Waals surface area contributed by atoms with Crippen LogP contribution in [0.5, 0.6) is 0 Å². The molecule has 1 aliphatic rings. The fourth-order valence-electron chi connectivity index (χ4n) is 2.22. The molecule has 2 heterocycles. The lowest BCUT2D eigenvalue weighted by molar-refractivity contribution is 0.244. The number of hydrogen-bond donors (Lipinski definition) is 1. The van der Waals surface area contributed by atoms with Gasteiger partial charge in [-0.15, -0.1) is 0 Å². The van der Waals surface area contributed by atoms with Crippen LogP contribution in [-0.4, -0.2) is 29.3 Å². The van der Waals surface area contributed by atoms with Crippen LogP contribution in [0.4, 0.5) is 5.82 Å². The van der Waals surface area contributed by atoms with Crippen molar-refractivity contribution in [1.82, 2.24) is 4.98 Å². The van der Waals surface area contributed by atoms with Gasteiger partial charge in [0.05, 0.1) is 12.6 Å². The van der Waals surface area contributed by atoms with Crippen molar-refractivity contribution in [3.8, 4) is 6.07 Å². The van der Waals surface area contributed by atoms with E-state index in [9.17, 15) is 5.11 Å². The first-order valence-corrected chi connectivity index (χ1v) is 5.51. The molecule has 1 aromatic heterocycles. The molecule has 0 aromatic carbocycles. The molecule has 1 saturated heterocycles. The monoisotopic (exact) mass is 217 g/mol. The summed E-state index contributed by atoms with van der Waals surface area (Å²) >= 11 is 0. The van der Waals surface area contributed by atoms with Crippen LogP contribution < -0.4 is 4.90 Å². The maximum Gasteiger partial charge on any atom is 0.142 e. The second-order valence-corrected chi connectivity index (χ2v) is 4.20. The molecule has 0 aliphatic carbocycles. The summed E-state index contributed by atoms with van der Waals surface area (Å²) < 4.78 is 0. The number of nitrogens with zero attached hydrogens (tertiary/aromatic N) is 3. The Kier molecular flexibility index (Phi) is 3.07. The molecule has 1 fully saturated rings. The Labute approximate surface area is 95.1 Å². The third-order valence-electron chi connectivity index (χ3n) is 3.21. The Morgan fingerprint density at radius 3 is 3.12 bits per heavy atom. The quantitative estimate of drug-likeness (QED) is 0.807. The number of aliphatic hydroxyl groups is 1. The van der Waals surface area contributed by atoms with Crippen LogP contribution in [-0.2, 0) is 0 Å². The summed E-state index contributed by atoms with van der Waals surface area (Å²) in [6.07, 6.45) is 1.06. The van der Waals surface area contributed by atoms with Crippen molar-refractivity contribution in [3.63, 3.8) is 0 Å². The Morgan fingerprint density at radius 2 is 2.44 bits per heavy atom. The predicted octanol–water partition coefficient (Wildman–Crippen LogP) is 1.16. The smallest absolute Gasteiger partial charge is 0.142 e. The van der Waals surface area contributed by atoms with Crippen LogP contribution in [0, 0.1) is 17.2 Å². The van der Waals surface area contributed by atoms with Crippen molar-refractivity contribution in [2.24, 2.45) is 5.92 Å². The predicted molar refractivity (Wildman–Crippen MR) is 61.0 cm³/mol. The largest absolute Gasteiger partial charge is 0.394 e. The number of aromatic nitrogens is 1. The molecule has 4 nitrogen and oxygen atoms in total. The van der Waals surface area contributed by atoms with E-state index < -0.39 is 0 Å². The maximum absolute atomic E-state index is 9.36. The van der Waals surface area contributed by atoms with Crippen LogP contribution in [0.2, 0.25) is 0 Å². The van der Waals surface area contributed by atoms with Crippen molar-refractivity contribution in [2.45, 2.75) is 19.4 Å². The summed E-state index contributed by atoms with van der Waals surface area (Å²) in [7, 11) is 0. The summed E-state index contributed by atoms with van der Waals surface area (Å²) in [6, 6.07) is 7.57. The number of rotatable bonds is 2. The van der Waals surface area contributed by atoms with Crippen LogP contribution in [0.1, 0.15) is 19.0 Å². The van der Waals surface area contributed by atoms with E-state index in [1.54, 1.807) is 6.07 Å². The first-order chi connectivity index (χ1) is 7.76. The Hall–Kier alpha value is -1.60. The molecular weight excluding hydrogens is 202 g/mol. The van der Waals surface area contributed by atoms with E-state index in [1.165, 1.54) is 0 Å². The molecule has 2 unspecified atom stereocenters. The van der Waals surface area contributed by atoms with Crippen molar-refractivity contribution in [2.75, 3.05) is 18.1 Å². The zero-order chi connectivity index (χ0) is 11.5. The molecule has 1 aliphatic heterocycles. The van der Waals surface area contributed by atoms with Gasteiger partial charge in [-0.3, -0.25) is 0 Å². The van der Waals surface area contributed by atoms with Gasteiger partial charge in [0.15, 0.2) is 0 Å². The Bertz CT molecular complexity index is 413. The number of anilines is 1. The Morgan fingerprint density at radius 1 is 1.62 bits per heavy atom. The normalized spacial score (nSPS) is 24.4. The van der Waals surface area contributed by atoms with E-state index >= 15 is 0 Å². The van der Waals surface area contributed by atoms with Gasteiger partial charge in [0.25, 0.3) is 0 Å². The zero-order valence-corrected chi connectivity index (χ0v) is 9.30. The summed E-state index contributed by atoms with van der Waals surface area (Å²) in [4.78, 5) is 6.35. The first-order valence-electron chi connectivity index (χ1n) is 5.51. The van der Waals surface area contributed by atoms with Gasteiger partial charge >= 0.3 is 0 Å². The van der Waals surface area contributed by atoms with Gasteiger partial charge < -0.3 is 10.0 Å². The summed E-state index contributed by atoms with van der Waals surface area (Å²) in [5.41, 5.74) is 0.425. The highest BCUT2D eigenvalue weighted by atomic mass is 16.3. The number of hydrogen-bond acceptors (Lipinski definition) is 4. The minimum Gasteiger partial charge on any atom is -0.394 e. The average molecular weight is 217 g/mol. The molecule has 1 N–H and O–H groups in total. The van der Waals surface area contributed by atoms with Crippen LogP contribution in [0.25, 0.3) is 0 Å². The fraction of sp³-hybridized carbons (Fsp3) is 0.500. The van der Waals surface area contributed by atoms with Crippen molar-refractivity contribution >= 4 is 5.82 Å². The van der Waals surface area contributed by atoms with Gasteiger partial charge in [-0.2, -0.15) is 5.26 Å². The van der Waals surface area contributed by atoms with Crippen LogP contribution in [0.3, 0.4) is 0 Å². The second kappa shape index (κ2) is 4.50. The van der Waals surface area contributed by atoms with Crippen molar-refractivity contribution in [1.29, 1.82) is 5.26 Å². The van der Waals surface area contributed by atoms with Crippen LogP contribution >= 0.6 is 0 Å². The number of nitriles is 1. The fourth-order valence-corrected chi connectivity index (χ4v) is 2.22. The van der Waals surface area contributed by atoms with Gasteiger partial charge in [-0.05, 0) is 24.5 Å². The highest BCUT2D eigenvalue weighted by Gasteiger charge is 2.31. The highest BCUT2D eigenvalue weighted by Crippen LogP contribution is 2.27. The Balaban J connectivity index is 2.27. The summed E-state index contributed by atoms with van der Waals surface area (Å²) in [5.74, 6) is 1.26. The van der Waals surface area contributed by atoms with E-state index in [4.69, 9.17) is 5.26 Å². The molecule has 0 spiro atoms. The second-order valence-electron chi connectivity index (χ2n) is 4.20. The molecular formula is C12H15N3O. The van der Waals surface area contributed by atoms with Gasteiger partial charge in [0.2, 0.25) is 0 Å². The van der Waals surface area contributed by atoms with Crippen molar-refractivity contribution < 1.29 is 5.11 Å². The van der Waals surface area contributed by atoms with E-state index in [-0.39, 0.29) is 12.6 Å². The third kappa shape index (κ3) is 1.86. The third-order valence-corrected chi connectivity index (χ3v) is 3.21. The zero-order valence-electron chi connectivity index (χ0n) is 9.30.